The number of rotatable bonds is 6. The number of aryl methyl sites for hydroxylation is 2. The third-order valence-electron chi connectivity index (χ3n) is 6.57. The molecule has 6 heteroatoms. The van der Waals surface area contributed by atoms with Crippen LogP contribution in [0.3, 0.4) is 0 Å². The predicted molar refractivity (Wildman–Crippen MR) is 132 cm³/mol. The van der Waals surface area contributed by atoms with Crippen LogP contribution >= 0.6 is 0 Å². The molecule has 1 aliphatic heterocycles. The largest absolute Gasteiger partial charge is 0.322 e. The Morgan fingerprint density at radius 2 is 1.26 bits per heavy atom. The first-order valence-corrected chi connectivity index (χ1v) is 11.9. The summed E-state index contributed by atoms with van der Waals surface area (Å²) < 4.78 is 27.1. The fraction of sp³-hybridized carbons (Fsp3) is 0.321. The van der Waals surface area contributed by atoms with E-state index in [0.717, 1.165) is 40.8 Å². The lowest BCUT2D eigenvalue weighted by Crippen LogP contribution is -2.51. The van der Waals surface area contributed by atoms with Gasteiger partial charge in [0.05, 0.1) is 6.04 Å². The molecule has 1 saturated heterocycles. The smallest absolute Gasteiger partial charge is 0.321 e. The van der Waals surface area contributed by atoms with Crippen molar-refractivity contribution < 1.29 is 13.6 Å². The monoisotopic (exact) mass is 463 g/mol. The van der Waals surface area contributed by atoms with Crippen molar-refractivity contribution >= 4 is 11.7 Å². The molecule has 34 heavy (non-hydrogen) atoms. The summed E-state index contributed by atoms with van der Waals surface area (Å²) in [6.07, 6.45) is 1.71. The highest BCUT2D eigenvalue weighted by Gasteiger charge is 2.28. The summed E-state index contributed by atoms with van der Waals surface area (Å²) in [6, 6.07) is 18.8. The van der Waals surface area contributed by atoms with E-state index in [1.807, 2.05) is 11.0 Å². The molecule has 4 nitrogen and oxygen atoms in total. The minimum absolute atomic E-state index is 0.0876. The van der Waals surface area contributed by atoms with Crippen LogP contribution in [0.5, 0.6) is 0 Å². The molecule has 1 aliphatic rings. The molecule has 0 unspecified atom stereocenters. The molecule has 0 radical (unpaired) electrons. The molecule has 0 bridgehead atoms. The molecule has 3 aromatic carbocycles. The Kier molecular flexibility index (Phi) is 7.58. The maximum absolute atomic E-state index is 13.6. The Morgan fingerprint density at radius 1 is 0.794 bits per heavy atom. The molecule has 3 aromatic rings. The van der Waals surface area contributed by atoms with Gasteiger partial charge in [0.25, 0.3) is 0 Å². The highest BCUT2D eigenvalue weighted by atomic mass is 19.1. The van der Waals surface area contributed by atoms with Crippen molar-refractivity contribution in [1.29, 1.82) is 0 Å². The SMILES string of the molecule is CCc1cccc(CC)c1NC(=O)N1CCN(C(c2ccc(F)cc2)c2ccc(F)cc2)CC1. The zero-order valence-corrected chi connectivity index (χ0v) is 19.7. The highest BCUT2D eigenvalue weighted by Crippen LogP contribution is 2.30. The molecule has 1 fully saturated rings. The second kappa shape index (κ2) is 10.8. The van der Waals surface area contributed by atoms with Crippen LogP contribution in [0, 0.1) is 11.6 Å². The van der Waals surface area contributed by atoms with Crippen LogP contribution in [-0.4, -0.2) is 42.0 Å². The van der Waals surface area contributed by atoms with Gasteiger partial charge in [0.1, 0.15) is 11.6 Å². The van der Waals surface area contributed by atoms with E-state index < -0.39 is 0 Å². The zero-order valence-electron chi connectivity index (χ0n) is 19.7. The molecule has 0 atom stereocenters. The second-order valence-corrected chi connectivity index (χ2v) is 8.62. The Labute approximate surface area is 200 Å². The summed E-state index contributed by atoms with van der Waals surface area (Å²) in [7, 11) is 0. The summed E-state index contributed by atoms with van der Waals surface area (Å²) in [5.74, 6) is -0.580. The van der Waals surface area contributed by atoms with Gasteiger partial charge >= 0.3 is 6.03 Å². The fourth-order valence-corrected chi connectivity index (χ4v) is 4.68. The van der Waals surface area contributed by atoms with Gasteiger partial charge in [-0.3, -0.25) is 4.90 Å². The maximum atomic E-state index is 13.6. The number of nitrogens with zero attached hydrogens (tertiary/aromatic N) is 2. The average Bonchev–Trinajstić information content (AvgIpc) is 2.87. The van der Waals surface area contributed by atoms with E-state index in [2.05, 4.69) is 36.2 Å². The molecule has 4 rings (SSSR count). The van der Waals surface area contributed by atoms with E-state index in [1.165, 1.54) is 24.3 Å². The molecule has 0 aromatic heterocycles. The van der Waals surface area contributed by atoms with Gasteiger partial charge in [-0.1, -0.05) is 56.3 Å². The van der Waals surface area contributed by atoms with E-state index in [4.69, 9.17) is 0 Å². The summed E-state index contributed by atoms with van der Waals surface area (Å²) in [5.41, 5.74) is 5.08. The van der Waals surface area contributed by atoms with Crippen LogP contribution < -0.4 is 5.32 Å². The Morgan fingerprint density at radius 3 is 1.71 bits per heavy atom. The molecule has 2 amide bonds. The molecular weight excluding hydrogens is 432 g/mol. The van der Waals surface area contributed by atoms with Gasteiger partial charge in [-0.2, -0.15) is 0 Å². The van der Waals surface area contributed by atoms with Crippen LogP contribution in [0.4, 0.5) is 19.3 Å². The third-order valence-corrected chi connectivity index (χ3v) is 6.57. The van der Waals surface area contributed by atoms with Crippen molar-refractivity contribution in [3.8, 4) is 0 Å². The van der Waals surface area contributed by atoms with E-state index in [1.54, 1.807) is 24.3 Å². The first kappa shape index (κ1) is 23.9. The molecule has 1 N–H and O–H groups in total. The Bertz CT molecular complexity index is 1040. The first-order chi connectivity index (χ1) is 16.5. The molecule has 178 valence electrons. The van der Waals surface area contributed by atoms with Gasteiger partial charge in [-0.05, 0) is 59.4 Å². The summed E-state index contributed by atoms with van der Waals surface area (Å²) in [6.45, 7) is 6.63. The van der Waals surface area contributed by atoms with Gasteiger partial charge in [0, 0.05) is 31.9 Å². The zero-order chi connectivity index (χ0) is 24.1. The average molecular weight is 464 g/mol. The fourth-order valence-electron chi connectivity index (χ4n) is 4.68. The van der Waals surface area contributed by atoms with E-state index in [9.17, 15) is 13.6 Å². The van der Waals surface area contributed by atoms with Crippen molar-refractivity contribution in [2.24, 2.45) is 0 Å². The molecule has 0 saturated carbocycles. The van der Waals surface area contributed by atoms with Crippen molar-refractivity contribution in [1.82, 2.24) is 9.80 Å². The first-order valence-electron chi connectivity index (χ1n) is 11.9. The van der Waals surface area contributed by atoms with Crippen LogP contribution in [0.25, 0.3) is 0 Å². The number of anilines is 1. The number of carbonyl (C=O) groups excluding carboxylic acids is 1. The number of hydrogen-bond acceptors (Lipinski definition) is 2. The van der Waals surface area contributed by atoms with Gasteiger partial charge in [-0.15, -0.1) is 0 Å². The lowest BCUT2D eigenvalue weighted by Gasteiger charge is -2.39. The van der Waals surface area contributed by atoms with E-state index in [-0.39, 0.29) is 23.7 Å². The van der Waals surface area contributed by atoms with Crippen molar-refractivity contribution in [3.05, 3.63) is 101 Å². The number of amides is 2. The third kappa shape index (κ3) is 5.28. The summed E-state index contributed by atoms with van der Waals surface area (Å²) in [5, 5.41) is 3.16. The van der Waals surface area contributed by atoms with Crippen molar-refractivity contribution in [2.45, 2.75) is 32.7 Å². The lowest BCUT2D eigenvalue weighted by atomic mass is 9.96. The van der Waals surface area contributed by atoms with Gasteiger partial charge in [-0.25, -0.2) is 13.6 Å². The molecular formula is C28H31F2N3O. The normalized spacial score (nSPS) is 14.4. The van der Waals surface area contributed by atoms with Crippen molar-refractivity contribution in [3.63, 3.8) is 0 Å². The van der Waals surface area contributed by atoms with Crippen LogP contribution in [0.1, 0.15) is 42.1 Å². The number of halogens is 2. The maximum Gasteiger partial charge on any atom is 0.321 e. The van der Waals surface area contributed by atoms with Crippen LogP contribution in [0.2, 0.25) is 0 Å². The van der Waals surface area contributed by atoms with Crippen LogP contribution in [0.15, 0.2) is 66.7 Å². The van der Waals surface area contributed by atoms with Crippen LogP contribution in [-0.2, 0) is 12.8 Å². The number of piperazine rings is 1. The molecule has 1 heterocycles. The Balaban J connectivity index is 1.49. The standard InChI is InChI=1S/C28H31F2N3O/c1-3-20-6-5-7-21(4-2)26(20)31-28(34)33-18-16-32(17-19-33)27(22-8-12-24(29)13-9-22)23-10-14-25(30)15-11-23/h5-15,27H,3-4,16-19H2,1-2H3,(H,31,34). The minimum Gasteiger partial charge on any atom is -0.322 e. The minimum atomic E-state index is -0.290. The lowest BCUT2D eigenvalue weighted by molar-refractivity contribution is 0.126. The van der Waals surface area contributed by atoms with E-state index in [0.29, 0.717) is 26.2 Å². The number of benzene rings is 3. The summed E-state index contributed by atoms with van der Waals surface area (Å²) >= 11 is 0. The molecule has 0 aliphatic carbocycles. The van der Waals surface area contributed by atoms with Gasteiger partial charge in [0.2, 0.25) is 0 Å². The number of nitrogens with one attached hydrogen (secondary N) is 1. The Hall–Kier alpha value is -3.25. The quantitative estimate of drug-likeness (QED) is 0.485. The predicted octanol–water partition coefficient (Wildman–Crippen LogP) is 6.03. The topological polar surface area (TPSA) is 35.6 Å². The van der Waals surface area contributed by atoms with E-state index >= 15 is 0 Å². The van der Waals surface area contributed by atoms with Gasteiger partial charge in [0.15, 0.2) is 0 Å². The summed E-state index contributed by atoms with van der Waals surface area (Å²) in [4.78, 5) is 17.2. The number of hydrogen-bond donors (Lipinski definition) is 1. The number of urea groups is 1. The second-order valence-electron chi connectivity index (χ2n) is 8.62. The molecule has 0 spiro atoms. The number of carbonyl (C=O) groups is 1. The number of para-hydroxylation sites is 1. The highest BCUT2D eigenvalue weighted by molar-refractivity contribution is 5.91. The van der Waals surface area contributed by atoms with Gasteiger partial charge < -0.3 is 10.2 Å². The van der Waals surface area contributed by atoms with Crippen molar-refractivity contribution in [2.75, 3.05) is 31.5 Å².